The number of phenols is 1. The Hall–Kier alpha value is -1.35. The van der Waals surface area contributed by atoms with E-state index in [9.17, 15) is 4.79 Å². The first kappa shape index (κ1) is 14.6. The van der Waals surface area contributed by atoms with Crippen LogP contribution in [-0.4, -0.2) is 16.9 Å². The van der Waals surface area contributed by atoms with Gasteiger partial charge in [-0.2, -0.15) is 0 Å². The number of Topliss-reactive ketones (excluding diaryl/α,β-unsaturated/α-hetero) is 1. The van der Waals surface area contributed by atoms with Crippen molar-refractivity contribution in [2.75, 3.05) is 0 Å². The molecule has 1 aromatic carbocycles. The van der Waals surface area contributed by atoms with Crippen molar-refractivity contribution < 1.29 is 9.90 Å². The maximum absolute atomic E-state index is 11.2. The molecule has 3 heteroatoms. The van der Waals surface area contributed by atoms with Crippen molar-refractivity contribution in [3.63, 3.8) is 0 Å². The van der Waals surface area contributed by atoms with Crippen LogP contribution >= 0.6 is 0 Å². The van der Waals surface area contributed by atoms with Crippen LogP contribution in [0, 0.1) is 0 Å². The third-order valence-electron chi connectivity index (χ3n) is 2.15. The zero-order valence-corrected chi connectivity index (χ0v) is 10.2. The van der Waals surface area contributed by atoms with Gasteiger partial charge >= 0.3 is 0 Å². The number of carbonyl (C=O) groups excluding carboxylic acids is 1. The summed E-state index contributed by atoms with van der Waals surface area (Å²) in [6.07, 6.45) is 1.01. The molecule has 16 heavy (non-hydrogen) atoms. The predicted octanol–water partition coefficient (Wildman–Crippen LogP) is 2.27. The molecule has 0 heterocycles. The molecule has 0 aliphatic carbocycles. The van der Waals surface area contributed by atoms with Gasteiger partial charge in [-0.15, -0.1) is 0 Å². The predicted molar refractivity (Wildman–Crippen MR) is 66.4 cm³/mol. The Morgan fingerprint density at radius 1 is 1.31 bits per heavy atom. The van der Waals surface area contributed by atoms with Crippen molar-refractivity contribution >= 4 is 5.78 Å². The molecular formula is C13H21NO2. The maximum Gasteiger partial charge on any atom is 0.149 e. The Bertz CT molecular complexity index is 306. The van der Waals surface area contributed by atoms with Crippen molar-refractivity contribution in [1.29, 1.82) is 0 Å². The van der Waals surface area contributed by atoms with Crippen molar-refractivity contribution in [3.8, 4) is 5.75 Å². The van der Waals surface area contributed by atoms with Crippen molar-refractivity contribution in [2.45, 2.75) is 39.7 Å². The fourth-order valence-electron chi connectivity index (χ4n) is 1.26. The van der Waals surface area contributed by atoms with E-state index in [4.69, 9.17) is 10.8 Å². The van der Waals surface area contributed by atoms with Crippen LogP contribution in [-0.2, 0) is 11.2 Å². The molecule has 0 aliphatic rings. The molecule has 0 spiro atoms. The van der Waals surface area contributed by atoms with Gasteiger partial charge in [0, 0.05) is 6.42 Å². The Morgan fingerprint density at radius 2 is 1.81 bits per heavy atom. The minimum absolute atomic E-state index is 0.0677. The van der Waals surface area contributed by atoms with Crippen LogP contribution in [0.3, 0.4) is 0 Å². The minimum atomic E-state index is -0.426. The van der Waals surface area contributed by atoms with Gasteiger partial charge in [0.15, 0.2) is 0 Å². The van der Waals surface area contributed by atoms with Crippen LogP contribution in [0.5, 0.6) is 5.75 Å². The van der Waals surface area contributed by atoms with Crippen molar-refractivity contribution in [2.24, 2.45) is 5.73 Å². The van der Waals surface area contributed by atoms with Gasteiger partial charge in [-0.3, -0.25) is 4.79 Å². The number of phenolic OH excluding ortho intramolecular Hbond substituents is 1. The number of carbonyl (C=O) groups is 1. The van der Waals surface area contributed by atoms with Gasteiger partial charge in [0.2, 0.25) is 0 Å². The monoisotopic (exact) mass is 223 g/mol. The van der Waals surface area contributed by atoms with E-state index >= 15 is 0 Å². The molecule has 0 fully saturated rings. The molecule has 0 saturated heterocycles. The molecule has 0 aromatic heterocycles. The minimum Gasteiger partial charge on any atom is -0.508 e. The molecular weight excluding hydrogens is 202 g/mol. The van der Waals surface area contributed by atoms with Crippen LogP contribution < -0.4 is 5.73 Å². The van der Waals surface area contributed by atoms with Gasteiger partial charge in [-0.05, 0) is 24.1 Å². The van der Waals surface area contributed by atoms with E-state index in [-0.39, 0.29) is 11.5 Å². The normalized spacial score (nSPS) is 11.2. The van der Waals surface area contributed by atoms with Gasteiger partial charge in [-0.1, -0.05) is 32.9 Å². The number of benzene rings is 1. The summed E-state index contributed by atoms with van der Waals surface area (Å²) in [6.45, 7) is 5.80. The number of rotatable bonds is 4. The van der Waals surface area contributed by atoms with E-state index < -0.39 is 6.04 Å². The van der Waals surface area contributed by atoms with E-state index in [0.717, 1.165) is 5.56 Å². The molecule has 90 valence electrons. The van der Waals surface area contributed by atoms with Gasteiger partial charge in [0.25, 0.3) is 0 Å². The molecule has 3 nitrogen and oxygen atoms in total. The maximum atomic E-state index is 11.2. The Labute approximate surface area is 97.3 Å². The first-order valence-electron chi connectivity index (χ1n) is 5.69. The van der Waals surface area contributed by atoms with E-state index in [1.54, 1.807) is 31.2 Å². The lowest BCUT2D eigenvalue weighted by molar-refractivity contribution is -0.119. The third kappa shape index (κ3) is 4.94. The summed E-state index contributed by atoms with van der Waals surface area (Å²) in [5.74, 6) is 0.294. The summed E-state index contributed by atoms with van der Waals surface area (Å²) in [4.78, 5) is 11.2. The Kier molecular flexibility index (Phi) is 7.21. The van der Waals surface area contributed by atoms with Crippen LogP contribution in [0.2, 0.25) is 0 Å². The number of hydrogen-bond donors (Lipinski definition) is 2. The molecule has 1 unspecified atom stereocenters. The second-order valence-corrected chi connectivity index (χ2v) is 3.30. The lowest BCUT2D eigenvalue weighted by atomic mass is 10.0. The lowest BCUT2D eigenvalue weighted by Crippen LogP contribution is -2.32. The first-order chi connectivity index (χ1) is 7.63. The quantitative estimate of drug-likeness (QED) is 0.823. The number of ketones is 1. The SMILES string of the molecule is CC.CCC(=O)C(N)Cc1ccc(O)cc1. The fraction of sp³-hybridized carbons (Fsp3) is 0.462. The standard InChI is InChI=1S/C11H15NO2.C2H6/c1-2-11(14)10(12)7-8-3-5-9(13)6-4-8;1-2/h3-6,10,13H,2,7,12H2,1H3;1-2H3. The van der Waals surface area contributed by atoms with E-state index in [2.05, 4.69) is 0 Å². The van der Waals surface area contributed by atoms with Crippen molar-refractivity contribution in [3.05, 3.63) is 29.8 Å². The topological polar surface area (TPSA) is 63.3 Å². The third-order valence-corrected chi connectivity index (χ3v) is 2.15. The summed E-state index contributed by atoms with van der Waals surface area (Å²) >= 11 is 0. The summed E-state index contributed by atoms with van der Waals surface area (Å²) in [5, 5.41) is 9.05. The van der Waals surface area contributed by atoms with E-state index in [1.165, 1.54) is 0 Å². The zero-order chi connectivity index (χ0) is 12.6. The summed E-state index contributed by atoms with van der Waals surface area (Å²) in [6, 6.07) is 6.32. The second-order valence-electron chi connectivity index (χ2n) is 3.30. The van der Waals surface area contributed by atoms with Crippen LogP contribution in [0.15, 0.2) is 24.3 Å². The van der Waals surface area contributed by atoms with Gasteiger partial charge in [0.1, 0.15) is 11.5 Å². The molecule has 0 amide bonds. The average molecular weight is 223 g/mol. The van der Waals surface area contributed by atoms with Gasteiger partial charge in [-0.25, -0.2) is 0 Å². The molecule has 1 rings (SSSR count). The highest BCUT2D eigenvalue weighted by Gasteiger charge is 2.11. The summed E-state index contributed by atoms with van der Waals surface area (Å²) < 4.78 is 0. The van der Waals surface area contributed by atoms with Crippen LogP contribution in [0.25, 0.3) is 0 Å². The van der Waals surface area contributed by atoms with Crippen LogP contribution in [0.1, 0.15) is 32.8 Å². The lowest BCUT2D eigenvalue weighted by Gasteiger charge is -2.08. The summed E-state index contributed by atoms with van der Waals surface area (Å²) in [7, 11) is 0. The highest BCUT2D eigenvalue weighted by molar-refractivity contribution is 5.83. The molecule has 3 N–H and O–H groups in total. The van der Waals surface area contributed by atoms with Crippen molar-refractivity contribution in [1.82, 2.24) is 0 Å². The zero-order valence-electron chi connectivity index (χ0n) is 10.2. The van der Waals surface area contributed by atoms with Crippen LogP contribution in [0.4, 0.5) is 0 Å². The summed E-state index contributed by atoms with van der Waals surface area (Å²) in [5.41, 5.74) is 6.66. The second kappa shape index (κ2) is 7.88. The molecule has 1 aromatic rings. The molecule has 1 atom stereocenters. The molecule has 0 aliphatic heterocycles. The smallest absolute Gasteiger partial charge is 0.149 e. The molecule has 0 bridgehead atoms. The highest BCUT2D eigenvalue weighted by atomic mass is 16.3. The fourth-order valence-corrected chi connectivity index (χ4v) is 1.26. The number of aromatic hydroxyl groups is 1. The highest BCUT2D eigenvalue weighted by Crippen LogP contribution is 2.11. The average Bonchev–Trinajstić information content (AvgIpc) is 2.33. The Morgan fingerprint density at radius 3 is 2.25 bits per heavy atom. The number of hydrogen-bond acceptors (Lipinski definition) is 3. The van der Waals surface area contributed by atoms with Gasteiger partial charge < -0.3 is 10.8 Å². The van der Waals surface area contributed by atoms with E-state index in [0.29, 0.717) is 12.8 Å². The van der Waals surface area contributed by atoms with E-state index in [1.807, 2.05) is 13.8 Å². The number of nitrogens with two attached hydrogens (primary N) is 1. The van der Waals surface area contributed by atoms with Gasteiger partial charge in [0.05, 0.1) is 6.04 Å². The first-order valence-corrected chi connectivity index (χ1v) is 5.69. The largest absolute Gasteiger partial charge is 0.508 e. The molecule has 0 saturated carbocycles. The Balaban J connectivity index is 0.00000106. The molecule has 0 radical (unpaired) electrons.